The van der Waals surface area contributed by atoms with Gasteiger partial charge in [-0.2, -0.15) is 0 Å². The number of nitrogens with one attached hydrogen (secondary N) is 1. The number of anilines is 1. The molecule has 9 nitrogen and oxygen atoms in total. The van der Waals surface area contributed by atoms with Gasteiger partial charge < -0.3 is 14.6 Å². The maximum absolute atomic E-state index is 13.0. The molecule has 4 heterocycles. The smallest absolute Gasteiger partial charge is 0.263 e. The summed E-state index contributed by atoms with van der Waals surface area (Å²) < 4.78 is 9.43. The zero-order chi connectivity index (χ0) is 20.5. The summed E-state index contributed by atoms with van der Waals surface area (Å²) in [7, 11) is 1.54. The highest BCUT2D eigenvalue weighted by Gasteiger charge is 2.59. The van der Waals surface area contributed by atoms with Crippen LogP contribution in [0.3, 0.4) is 0 Å². The third-order valence-electron chi connectivity index (χ3n) is 6.82. The van der Waals surface area contributed by atoms with Crippen LogP contribution in [0.1, 0.15) is 54.8 Å². The van der Waals surface area contributed by atoms with E-state index in [1.165, 1.54) is 7.11 Å². The Kier molecular flexibility index (Phi) is 3.60. The van der Waals surface area contributed by atoms with Gasteiger partial charge in [-0.25, -0.2) is 4.98 Å². The standard InChI is InChI=1S/C21H23N7O2/c1-12-6-7-17-24-25-18(28(12)17)15-4-3-5-16(22-15)23-19(29)14-11-27(26-20(14)30-2)21-8-13(9-21)10-21/h3-5,11-13H,6-10H2,1-2H3,(H,22,23,29)/t12-,13?,21?/m0/s1. The molecule has 0 spiro atoms. The second kappa shape index (κ2) is 6.13. The van der Waals surface area contributed by atoms with Crippen molar-refractivity contribution in [2.45, 2.75) is 50.6 Å². The first-order valence-corrected chi connectivity index (χ1v) is 10.4. The second-order valence-corrected chi connectivity index (χ2v) is 8.76. The van der Waals surface area contributed by atoms with Crippen LogP contribution in [-0.4, -0.2) is 42.5 Å². The molecule has 1 N–H and O–H groups in total. The minimum absolute atomic E-state index is 0.0966. The van der Waals surface area contributed by atoms with Gasteiger partial charge in [-0.05, 0) is 50.7 Å². The third-order valence-corrected chi connectivity index (χ3v) is 6.82. The lowest BCUT2D eigenvalue weighted by Crippen LogP contribution is -2.59. The second-order valence-electron chi connectivity index (χ2n) is 8.76. The highest BCUT2D eigenvalue weighted by molar-refractivity contribution is 6.05. The number of carbonyl (C=O) groups excluding carboxylic acids is 1. The predicted molar refractivity (Wildman–Crippen MR) is 108 cm³/mol. The molecule has 3 aliphatic carbocycles. The first-order chi connectivity index (χ1) is 14.6. The molecular weight excluding hydrogens is 382 g/mol. The Labute approximate surface area is 173 Å². The number of amides is 1. The van der Waals surface area contributed by atoms with Gasteiger partial charge in [-0.15, -0.1) is 15.3 Å². The van der Waals surface area contributed by atoms with E-state index < -0.39 is 0 Å². The summed E-state index contributed by atoms with van der Waals surface area (Å²) >= 11 is 0. The van der Waals surface area contributed by atoms with E-state index in [1.54, 1.807) is 12.3 Å². The number of methoxy groups -OCH3 is 1. The monoisotopic (exact) mass is 405 g/mol. The van der Waals surface area contributed by atoms with Gasteiger partial charge >= 0.3 is 0 Å². The van der Waals surface area contributed by atoms with Gasteiger partial charge in [0.2, 0.25) is 5.88 Å². The summed E-state index contributed by atoms with van der Waals surface area (Å²) in [5, 5.41) is 16.0. The first kappa shape index (κ1) is 17.6. The average molecular weight is 405 g/mol. The Hall–Kier alpha value is -3.23. The fourth-order valence-corrected chi connectivity index (χ4v) is 5.03. The van der Waals surface area contributed by atoms with E-state index in [0.717, 1.165) is 49.7 Å². The number of carbonyl (C=O) groups is 1. The van der Waals surface area contributed by atoms with E-state index in [9.17, 15) is 4.79 Å². The Morgan fingerprint density at radius 2 is 2.10 bits per heavy atom. The Balaban J connectivity index is 1.27. The topological polar surface area (TPSA) is 99.8 Å². The maximum atomic E-state index is 13.0. The highest BCUT2D eigenvalue weighted by Crippen LogP contribution is 2.62. The fraction of sp³-hybridized carbons (Fsp3) is 0.476. The summed E-state index contributed by atoms with van der Waals surface area (Å²) in [5.41, 5.74) is 1.21. The molecule has 1 aliphatic heterocycles. The van der Waals surface area contributed by atoms with Crippen molar-refractivity contribution in [3.63, 3.8) is 0 Å². The molecule has 4 aliphatic rings. The van der Waals surface area contributed by atoms with Crippen LogP contribution < -0.4 is 10.1 Å². The number of hydrogen-bond donors (Lipinski definition) is 1. The summed E-state index contributed by atoms with van der Waals surface area (Å²) in [4.78, 5) is 17.6. The third kappa shape index (κ3) is 2.44. The molecule has 3 saturated carbocycles. The van der Waals surface area contributed by atoms with Crippen molar-refractivity contribution in [3.8, 4) is 17.4 Å². The lowest BCUT2D eigenvalue weighted by atomic mass is 9.50. The normalized spacial score (nSPS) is 25.9. The summed E-state index contributed by atoms with van der Waals surface area (Å²) in [6, 6.07) is 5.86. The zero-order valence-corrected chi connectivity index (χ0v) is 17.0. The van der Waals surface area contributed by atoms with Gasteiger partial charge in [0.15, 0.2) is 5.82 Å². The van der Waals surface area contributed by atoms with E-state index in [4.69, 9.17) is 4.74 Å². The number of aromatic nitrogens is 6. The SMILES string of the molecule is COc1nn(C23CC(C2)C3)cc1C(=O)Nc1cccc(-c2nnc3n2[C@@H](C)CC3)n1. The van der Waals surface area contributed by atoms with Gasteiger partial charge in [0.25, 0.3) is 5.91 Å². The molecule has 2 bridgehead atoms. The molecule has 0 aromatic carbocycles. The summed E-state index contributed by atoms with van der Waals surface area (Å²) in [6.45, 7) is 2.16. The number of pyridine rings is 1. The summed E-state index contributed by atoms with van der Waals surface area (Å²) in [6.07, 6.45) is 7.22. The molecule has 1 atom stereocenters. The number of rotatable bonds is 5. The van der Waals surface area contributed by atoms with Crippen molar-refractivity contribution in [1.29, 1.82) is 0 Å². The van der Waals surface area contributed by atoms with Gasteiger partial charge in [0.1, 0.15) is 22.9 Å². The van der Waals surface area contributed by atoms with Crippen LogP contribution in [0.25, 0.3) is 11.5 Å². The Morgan fingerprint density at radius 1 is 1.27 bits per heavy atom. The molecule has 0 unspecified atom stereocenters. The Bertz CT molecular complexity index is 1150. The molecule has 30 heavy (non-hydrogen) atoms. The number of hydrogen-bond acceptors (Lipinski definition) is 6. The number of nitrogens with zero attached hydrogens (tertiary/aromatic N) is 6. The van der Waals surface area contributed by atoms with Crippen LogP contribution in [0.4, 0.5) is 5.82 Å². The first-order valence-electron chi connectivity index (χ1n) is 10.4. The molecule has 0 radical (unpaired) electrons. The van der Waals surface area contributed by atoms with Crippen molar-refractivity contribution in [3.05, 3.63) is 35.8 Å². The van der Waals surface area contributed by atoms with Crippen molar-refractivity contribution < 1.29 is 9.53 Å². The molecule has 1 amide bonds. The van der Waals surface area contributed by atoms with Crippen molar-refractivity contribution in [2.75, 3.05) is 12.4 Å². The van der Waals surface area contributed by atoms with E-state index >= 15 is 0 Å². The number of ether oxygens (including phenoxy) is 1. The molecular formula is C21H23N7O2. The van der Waals surface area contributed by atoms with Gasteiger partial charge in [-0.1, -0.05) is 6.07 Å². The quantitative estimate of drug-likeness (QED) is 0.701. The van der Waals surface area contributed by atoms with Crippen molar-refractivity contribution >= 4 is 11.7 Å². The maximum Gasteiger partial charge on any atom is 0.263 e. The van der Waals surface area contributed by atoms with Crippen LogP contribution >= 0.6 is 0 Å². The van der Waals surface area contributed by atoms with E-state index in [0.29, 0.717) is 29.0 Å². The van der Waals surface area contributed by atoms with Crippen LogP contribution in [0.5, 0.6) is 5.88 Å². The van der Waals surface area contributed by atoms with Gasteiger partial charge in [-0.3, -0.25) is 9.48 Å². The molecule has 3 aromatic rings. The molecule has 154 valence electrons. The van der Waals surface area contributed by atoms with Crippen molar-refractivity contribution in [1.82, 2.24) is 29.5 Å². The van der Waals surface area contributed by atoms with E-state index in [2.05, 4.69) is 37.1 Å². The summed E-state index contributed by atoms with van der Waals surface area (Å²) in [5.74, 6) is 3.07. The number of aryl methyl sites for hydroxylation is 1. The van der Waals surface area contributed by atoms with E-state index in [-0.39, 0.29) is 11.4 Å². The molecule has 7 rings (SSSR count). The zero-order valence-electron chi connectivity index (χ0n) is 17.0. The van der Waals surface area contributed by atoms with Crippen molar-refractivity contribution in [2.24, 2.45) is 5.92 Å². The van der Waals surface area contributed by atoms with Gasteiger partial charge in [0.05, 0.1) is 12.6 Å². The van der Waals surface area contributed by atoms with Gasteiger partial charge in [0, 0.05) is 18.7 Å². The van der Waals surface area contributed by atoms with Crippen LogP contribution in [0.15, 0.2) is 24.4 Å². The lowest BCUT2D eigenvalue weighted by Gasteiger charge is -2.61. The molecule has 9 heteroatoms. The molecule has 0 saturated heterocycles. The minimum atomic E-state index is -0.283. The number of fused-ring (bicyclic) bond motifs is 1. The molecule has 3 fully saturated rings. The van der Waals surface area contributed by atoms with Crippen LogP contribution in [0.2, 0.25) is 0 Å². The largest absolute Gasteiger partial charge is 0.479 e. The average Bonchev–Trinajstić information content (AvgIpc) is 3.36. The van der Waals surface area contributed by atoms with E-state index in [1.807, 2.05) is 16.8 Å². The highest BCUT2D eigenvalue weighted by atomic mass is 16.5. The Morgan fingerprint density at radius 3 is 2.83 bits per heavy atom. The fourth-order valence-electron chi connectivity index (χ4n) is 5.03. The lowest BCUT2D eigenvalue weighted by molar-refractivity contribution is -0.0982. The minimum Gasteiger partial charge on any atom is -0.479 e. The van der Waals surface area contributed by atoms with Crippen LogP contribution in [-0.2, 0) is 12.0 Å². The molecule has 3 aromatic heterocycles. The predicted octanol–water partition coefficient (Wildman–Crippen LogP) is 2.81. The van der Waals surface area contributed by atoms with Crippen LogP contribution in [0, 0.1) is 5.92 Å².